The van der Waals surface area contributed by atoms with Crippen LogP contribution in [0.3, 0.4) is 0 Å². The SMILES string of the molecule is OCCO.[C-]#N. The molecule has 3 heteroatoms. The van der Waals surface area contributed by atoms with Gasteiger partial charge in [0.2, 0.25) is 0 Å². The molecular formula is C3H6NO2-. The van der Waals surface area contributed by atoms with Gasteiger partial charge in [0, 0.05) is 0 Å². The first kappa shape index (κ1) is 9.05. The molecular weight excluding hydrogens is 82.0 g/mol. The van der Waals surface area contributed by atoms with Crippen LogP contribution < -0.4 is 0 Å². The number of aliphatic hydroxyl groups excluding tert-OH is 2. The highest BCUT2D eigenvalue weighted by Gasteiger charge is 1.58. The molecule has 0 fully saturated rings. The fourth-order valence-electron chi connectivity index (χ4n) is 0. The Morgan fingerprint density at radius 1 is 1.17 bits per heavy atom. The van der Waals surface area contributed by atoms with Crippen LogP contribution in [0.5, 0.6) is 0 Å². The Morgan fingerprint density at radius 2 is 1.33 bits per heavy atom. The molecule has 6 heavy (non-hydrogen) atoms. The quantitative estimate of drug-likeness (QED) is 0.407. The van der Waals surface area contributed by atoms with Gasteiger partial charge in [-0.3, -0.25) is 0 Å². The first-order chi connectivity index (χ1) is 2.91. The molecule has 0 spiro atoms. The van der Waals surface area contributed by atoms with Gasteiger partial charge in [0.1, 0.15) is 0 Å². The molecule has 0 aliphatic heterocycles. The molecule has 0 amide bonds. The van der Waals surface area contributed by atoms with E-state index in [4.69, 9.17) is 22.0 Å². The highest BCUT2D eigenvalue weighted by molar-refractivity contribution is 4.06. The van der Waals surface area contributed by atoms with Gasteiger partial charge in [-0.15, -0.1) is 0 Å². The van der Waals surface area contributed by atoms with Gasteiger partial charge in [0.05, 0.1) is 13.2 Å². The van der Waals surface area contributed by atoms with Crippen LogP contribution in [-0.4, -0.2) is 23.4 Å². The van der Waals surface area contributed by atoms with Crippen molar-refractivity contribution in [2.75, 3.05) is 13.2 Å². The van der Waals surface area contributed by atoms with Gasteiger partial charge in [-0.1, -0.05) is 0 Å². The normalized spacial score (nSPS) is 5.33. The van der Waals surface area contributed by atoms with Crippen LogP contribution in [-0.2, 0) is 0 Å². The summed E-state index contributed by atoms with van der Waals surface area (Å²) in [7, 11) is 0. The fraction of sp³-hybridized carbons (Fsp3) is 0.667. The Bertz CT molecular complexity index is 25.2. The highest BCUT2D eigenvalue weighted by Crippen LogP contribution is 1.39. The zero-order valence-corrected chi connectivity index (χ0v) is 3.26. The van der Waals surface area contributed by atoms with Crippen molar-refractivity contribution in [2.45, 2.75) is 0 Å². The van der Waals surface area contributed by atoms with E-state index in [2.05, 4.69) is 0 Å². The Balaban J connectivity index is 0. The minimum absolute atomic E-state index is 0.125. The molecule has 0 unspecified atom stereocenters. The van der Waals surface area contributed by atoms with Crippen molar-refractivity contribution in [2.24, 2.45) is 0 Å². The van der Waals surface area contributed by atoms with Crippen LogP contribution >= 0.6 is 0 Å². The third-order valence-corrected chi connectivity index (χ3v) is 0.1000. The highest BCUT2D eigenvalue weighted by atomic mass is 16.3. The molecule has 0 saturated carbocycles. The minimum atomic E-state index is -0.125. The molecule has 0 saturated heterocycles. The molecule has 0 radical (unpaired) electrons. The summed E-state index contributed by atoms with van der Waals surface area (Å²) in [6.45, 7) is 4.50. The Kier molecular flexibility index (Phi) is 38.9. The van der Waals surface area contributed by atoms with Crippen molar-refractivity contribution in [1.82, 2.24) is 0 Å². The van der Waals surface area contributed by atoms with Crippen molar-refractivity contribution in [3.8, 4) is 0 Å². The Hall–Kier alpha value is -0.590. The second-order valence-electron chi connectivity index (χ2n) is 0.447. The van der Waals surface area contributed by atoms with E-state index in [1.54, 1.807) is 0 Å². The molecule has 0 heterocycles. The van der Waals surface area contributed by atoms with Crippen molar-refractivity contribution in [3.05, 3.63) is 6.57 Å². The van der Waals surface area contributed by atoms with E-state index in [9.17, 15) is 0 Å². The van der Waals surface area contributed by atoms with Crippen LogP contribution in [0.2, 0.25) is 0 Å². The Morgan fingerprint density at radius 3 is 1.33 bits per heavy atom. The second-order valence-corrected chi connectivity index (χ2v) is 0.447. The van der Waals surface area contributed by atoms with Gasteiger partial charge in [0.15, 0.2) is 0 Å². The van der Waals surface area contributed by atoms with Gasteiger partial charge in [-0.2, -0.15) is 0 Å². The number of rotatable bonds is 1. The molecule has 36 valence electrons. The van der Waals surface area contributed by atoms with E-state index in [0.29, 0.717) is 0 Å². The molecule has 0 bridgehead atoms. The topological polar surface area (TPSA) is 64.2 Å². The lowest BCUT2D eigenvalue weighted by atomic mass is 10.8. The summed E-state index contributed by atoms with van der Waals surface area (Å²) in [4.78, 5) is 0. The summed E-state index contributed by atoms with van der Waals surface area (Å²) >= 11 is 0. The average molecular weight is 88.1 g/mol. The molecule has 3 nitrogen and oxygen atoms in total. The van der Waals surface area contributed by atoms with E-state index >= 15 is 0 Å². The molecule has 0 aliphatic rings. The molecule has 0 aromatic carbocycles. The predicted molar refractivity (Wildman–Crippen MR) is 19.1 cm³/mol. The standard InChI is InChI=1S/C2H6O2.CN/c3-1-2-4;1-2/h3-4H,1-2H2;/q;-1. The lowest BCUT2D eigenvalue weighted by molar-refractivity contribution is 0.186. The fourth-order valence-corrected chi connectivity index (χ4v) is 0. The van der Waals surface area contributed by atoms with Crippen molar-refractivity contribution < 1.29 is 10.2 Å². The summed E-state index contributed by atoms with van der Waals surface area (Å²) < 4.78 is 0. The molecule has 0 aromatic rings. The van der Waals surface area contributed by atoms with Gasteiger partial charge in [0.25, 0.3) is 0 Å². The maximum Gasteiger partial charge on any atom is 0.0662 e. The zero-order valence-electron chi connectivity index (χ0n) is 3.26. The van der Waals surface area contributed by atoms with Crippen LogP contribution in [0, 0.1) is 11.8 Å². The van der Waals surface area contributed by atoms with Crippen LogP contribution in [0.1, 0.15) is 0 Å². The first-order valence-corrected chi connectivity index (χ1v) is 1.36. The third-order valence-electron chi connectivity index (χ3n) is 0.1000. The number of hydrogen-bond donors (Lipinski definition) is 2. The number of hydrogen-bond acceptors (Lipinski definition) is 3. The molecule has 0 rings (SSSR count). The van der Waals surface area contributed by atoms with Gasteiger partial charge in [-0.25, -0.2) is 0 Å². The molecule has 0 atom stereocenters. The van der Waals surface area contributed by atoms with Crippen molar-refractivity contribution >= 4 is 0 Å². The van der Waals surface area contributed by atoms with Crippen LogP contribution in [0.25, 0.3) is 0 Å². The van der Waals surface area contributed by atoms with Crippen molar-refractivity contribution in [1.29, 1.82) is 5.26 Å². The monoisotopic (exact) mass is 88.0 g/mol. The molecule has 0 aliphatic carbocycles. The lowest BCUT2D eigenvalue weighted by Crippen LogP contribution is -1.85. The smallest absolute Gasteiger partial charge is 0.0662 e. The van der Waals surface area contributed by atoms with E-state index in [-0.39, 0.29) is 13.2 Å². The maximum absolute atomic E-state index is 7.62. The minimum Gasteiger partial charge on any atom is -0.512 e. The van der Waals surface area contributed by atoms with E-state index in [1.165, 1.54) is 0 Å². The van der Waals surface area contributed by atoms with Crippen molar-refractivity contribution in [3.63, 3.8) is 0 Å². The molecule has 2 N–H and O–H groups in total. The summed E-state index contributed by atoms with van der Waals surface area (Å²) in [6, 6.07) is 0. The summed E-state index contributed by atoms with van der Waals surface area (Å²) in [5, 5.41) is 21.5. The predicted octanol–water partition coefficient (Wildman–Crippen LogP) is -0.933. The Labute approximate surface area is 36.5 Å². The maximum atomic E-state index is 7.62. The lowest BCUT2D eigenvalue weighted by Gasteiger charge is -1.70. The van der Waals surface area contributed by atoms with E-state index in [0.717, 1.165) is 0 Å². The van der Waals surface area contributed by atoms with Gasteiger partial charge >= 0.3 is 0 Å². The molecule has 0 aromatic heterocycles. The van der Waals surface area contributed by atoms with Crippen LogP contribution in [0.15, 0.2) is 0 Å². The second kappa shape index (κ2) is 25.8. The zero-order chi connectivity index (χ0) is 5.41. The van der Waals surface area contributed by atoms with E-state index < -0.39 is 0 Å². The van der Waals surface area contributed by atoms with Gasteiger partial charge < -0.3 is 22.0 Å². The summed E-state index contributed by atoms with van der Waals surface area (Å²) in [5.41, 5.74) is 0. The third kappa shape index (κ3) is 118. The average Bonchev–Trinajstić information content (AvgIpc) is 1.72. The van der Waals surface area contributed by atoms with Crippen LogP contribution in [0.4, 0.5) is 0 Å². The number of aliphatic hydroxyl groups is 2. The van der Waals surface area contributed by atoms with E-state index in [1.807, 2.05) is 0 Å². The summed E-state index contributed by atoms with van der Waals surface area (Å²) in [5.74, 6) is 0. The summed E-state index contributed by atoms with van der Waals surface area (Å²) in [6.07, 6.45) is 0. The first-order valence-electron chi connectivity index (χ1n) is 1.36. The van der Waals surface area contributed by atoms with Gasteiger partial charge in [-0.05, 0) is 0 Å². The largest absolute Gasteiger partial charge is 0.512 e. The number of nitrogens with zero attached hydrogens (tertiary/aromatic N) is 1.